The molecule has 1 heterocycles. The first-order chi connectivity index (χ1) is 13.8. The summed E-state index contributed by atoms with van der Waals surface area (Å²) in [6.07, 6.45) is -0.203. The lowest BCUT2D eigenvalue weighted by molar-refractivity contribution is 0.0607. The lowest BCUT2D eigenvalue weighted by atomic mass is 9.88. The molecule has 0 saturated heterocycles. The van der Waals surface area contributed by atoms with Gasteiger partial charge in [0.2, 0.25) is 9.04 Å². The third-order valence-corrected chi connectivity index (χ3v) is 8.37. The molecule has 0 aliphatic carbocycles. The Morgan fingerprint density at radius 3 is 1.97 bits per heavy atom. The number of nitrogen functional groups attached to an aromatic ring is 1. The molecule has 2 aromatic carbocycles. The fourth-order valence-electron chi connectivity index (χ4n) is 3.25. The van der Waals surface area contributed by atoms with Gasteiger partial charge in [-0.05, 0) is 21.9 Å². The average molecular weight is 426 g/mol. The van der Waals surface area contributed by atoms with E-state index < -0.39 is 15.0 Å². The zero-order valence-electron chi connectivity index (χ0n) is 17.2. The molecule has 3 aromatic rings. The topological polar surface area (TPSA) is 61.5 Å². The number of hydrogen-bond donors (Lipinski definition) is 1. The number of thiophene rings is 1. The molecule has 0 radical (unpaired) electrons. The number of carbonyl (C=O) groups is 1. The monoisotopic (exact) mass is 425 g/mol. The molecule has 29 heavy (non-hydrogen) atoms. The molecule has 0 amide bonds. The fraction of sp³-hybridized carbons (Fsp3) is 0.261. The minimum Gasteiger partial charge on any atom is -0.465 e. The third kappa shape index (κ3) is 4.96. The van der Waals surface area contributed by atoms with Crippen LogP contribution in [0.4, 0.5) is 5.69 Å². The van der Waals surface area contributed by atoms with E-state index in [1.54, 1.807) is 0 Å². The van der Waals surface area contributed by atoms with Crippen LogP contribution in [0, 0.1) is 5.41 Å². The minimum atomic E-state index is -1.97. The van der Waals surface area contributed by atoms with E-state index in [1.165, 1.54) is 28.8 Å². The number of nitrogens with two attached hydrogens (primary N) is 1. The van der Waals surface area contributed by atoms with Crippen LogP contribution in [0.25, 0.3) is 0 Å². The molecular weight excluding hydrogens is 398 g/mol. The zero-order chi connectivity index (χ0) is 21.0. The summed E-state index contributed by atoms with van der Waals surface area (Å²) in [7, 11) is -0.599. The van der Waals surface area contributed by atoms with Crippen LogP contribution >= 0.6 is 11.3 Å². The Labute approximate surface area is 178 Å². The molecule has 3 rings (SSSR count). The van der Waals surface area contributed by atoms with Crippen molar-refractivity contribution in [3.05, 3.63) is 76.5 Å². The van der Waals surface area contributed by atoms with Gasteiger partial charge in [-0.2, -0.15) is 0 Å². The number of rotatable bonds is 6. The SMILES string of the molecule is COC(=O)c1sc(C(O[SiH](c2ccccc2)c2ccccc2)C(C)(C)C)cc1N. The van der Waals surface area contributed by atoms with Gasteiger partial charge in [-0.25, -0.2) is 4.79 Å². The molecular formula is C23H27NO3SSi. The number of esters is 1. The van der Waals surface area contributed by atoms with Crippen molar-refractivity contribution in [2.24, 2.45) is 5.41 Å². The van der Waals surface area contributed by atoms with Crippen LogP contribution in [0.3, 0.4) is 0 Å². The van der Waals surface area contributed by atoms with Crippen LogP contribution in [0.2, 0.25) is 0 Å². The van der Waals surface area contributed by atoms with Crippen molar-refractivity contribution in [2.75, 3.05) is 12.8 Å². The highest BCUT2D eigenvalue weighted by molar-refractivity contribution is 7.14. The molecule has 6 heteroatoms. The van der Waals surface area contributed by atoms with Crippen molar-refractivity contribution >= 4 is 42.4 Å². The Morgan fingerprint density at radius 2 is 1.52 bits per heavy atom. The number of anilines is 1. The van der Waals surface area contributed by atoms with Gasteiger partial charge in [-0.15, -0.1) is 11.3 Å². The van der Waals surface area contributed by atoms with E-state index in [0.29, 0.717) is 10.6 Å². The minimum absolute atomic E-state index is 0.181. The Balaban J connectivity index is 2.03. The highest BCUT2D eigenvalue weighted by atomic mass is 32.1. The molecule has 4 nitrogen and oxygen atoms in total. The van der Waals surface area contributed by atoms with E-state index in [0.717, 1.165) is 4.88 Å². The van der Waals surface area contributed by atoms with Crippen molar-refractivity contribution in [1.82, 2.24) is 0 Å². The van der Waals surface area contributed by atoms with Crippen LogP contribution < -0.4 is 16.1 Å². The quantitative estimate of drug-likeness (QED) is 0.483. The average Bonchev–Trinajstić information content (AvgIpc) is 3.09. The van der Waals surface area contributed by atoms with Gasteiger partial charge in [0, 0.05) is 4.88 Å². The largest absolute Gasteiger partial charge is 0.465 e. The van der Waals surface area contributed by atoms with E-state index in [9.17, 15) is 4.79 Å². The fourth-order valence-corrected chi connectivity index (χ4v) is 7.30. The number of benzene rings is 2. The Bertz CT molecular complexity index is 912. The van der Waals surface area contributed by atoms with Crippen LogP contribution in [-0.4, -0.2) is 22.1 Å². The summed E-state index contributed by atoms with van der Waals surface area (Å²) in [6, 6.07) is 22.6. The second kappa shape index (κ2) is 8.94. The molecule has 0 spiro atoms. The molecule has 152 valence electrons. The molecule has 2 N–H and O–H groups in total. The second-order valence-corrected chi connectivity index (χ2v) is 11.5. The van der Waals surface area contributed by atoms with Crippen LogP contribution in [-0.2, 0) is 9.16 Å². The van der Waals surface area contributed by atoms with Crippen molar-refractivity contribution in [1.29, 1.82) is 0 Å². The first-order valence-corrected chi connectivity index (χ1v) is 12.0. The van der Waals surface area contributed by atoms with Crippen molar-refractivity contribution in [3.8, 4) is 0 Å². The Hall–Kier alpha value is -2.41. The number of hydrogen-bond acceptors (Lipinski definition) is 5. The maximum atomic E-state index is 12.1. The first kappa shape index (κ1) is 21.3. The lowest BCUT2D eigenvalue weighted by Crippen LogP contribution is -2.47. The van der Waals surface area contributed by atoms with Crippen LogP contribution in [0.1, 0.15) is 41.4 Å². The van der Waals surface area contributed by atoms with Gasteiger partial charge in [0.05, 0.1) is 18.9 Å². The lowest BCUT2D eigenvalue weighted by Gasteiger charge is -2.34. The van der Waals surface area contributed by atoms with Gasteiger partial charge in [0.25, 0.3) is 0 Å². The Kier molecular flexibility index (Phi) is 6.57. The molecule has 0 aliphatic rings. The van der Waals surface area contributed by atoms with Gasteiger partial charge in [-0.1, -0.05) is 81.4 Å². The first-order valence-electron chi connectivity index (χ1n) is 9.54. The normalized spacial score (nSPS) is 12.7. The molecule has 0 aliphatic heterocycles. The molecule has 1 unspecified atom stereocenters. The summed E-state index contributed by atoms with van der Waals surface area (Å²) in [6.45, 7) is 6.44. The summed E-state index contributed by atoms with van der Waals surface area (Å²) in [4.78, 5) is 13.4. The number of ether oxygens (including phenoxy) is 1. The summed E-state index contributed by atoms with van der Waals surface area (Å²) >= 11 is 1.36. The van der Waals surface area contributed by atoms with Gasteiger partial charge in [-0.3, -0.25) is 0 Å². The highest BCUT2D eigenvalue weighted by Gasteiger charge is 2.34. The van der Waals surface area contributed by atoms with Gasteiger partial charge >= 0.3 is 5.97 Å². The van der Waals surface area contributed by atoms with Crippen LogP contribution in [0.5, 0.6) is 0 Å². The third-order valence-electron chi connectivity index (χ3n) is 4.67. The molecule has 0 saturated carbocycles. The zero-order valence-corrected chi connectivity index (χ0v) is 19.2. The van der Waals surface area contributed by atoms with Crippen molar-refractivity contribution in [3.63, 3.8) is 0 Å². The van der Waals surface area contributed by atoms with Gasteiger partial charge in [0.1, 0.15) is 4.88 Å². The summed E-state index contributed by atoms with van der Waals surface area (Å²) in [5.41, 5.74) is 6.37. The highest BCUT2D eigenvalue weighted by Crippen LogP contribution is 2.41. The van der Waals surface area contributed by atoms with Gasteiger partial charge in [0.15, 0.2) is 0 Å². The predicted octanol–water partition coefficient (Wildman–Crippen LogP) is 3.76. The smallest absolute Gasteiger partial charge is 0.350 e. The summed E-state index contributed by atoms with van der Waals surface area (Å²) < 4.78 is 11.8. The molecule has 1 atom stereocenters. The van der Waals surface area contributed by atoms with Crippen molar-refractivity contribution < 1.29 is 14.0 Å². The summed E-state index contributed by atoms with van der Waals surface area (Å²) in [5, 5.41) is 2.43. The van der Waals surface area contributed by atoms with Gasteiger partial charge < -0.3 is 14.9 Å². The van der Waals surface area contributed by atoms with E-state index in [-0.39, 0.29) is 11.5 Å². The second-order valence-electron chi connectivity index (χ2n) is 8.01. The van der Waals surface area contributed by atoms with Crippen LogP contribution in [0.15, 0.2) is 66.7 Å². The predicted molar refractivity (Wildman–Crippen MR) is 123 cm³/mol. The van der Waals surface area contributed by atoms with Crippen molar-refractivity contribution in [2.45, 2.75) is 26.9 Å². The molecule has 0 bridgehead atoms. The van der Waals surface area contributed by atoms with E-state index in [2.05, 4.69) is 45.0 Å². The molecule has 0 fully saturated rings. The summed E-state index contributed by atoms with van der Waals surface area (Å²) in [5.74, 6) is -0.411. The maximum Gasteiger partial charge on any atom is 0.350 e. The van der Waals surface area contributed by atoms with E-state index >= 15 is 0 Å². The number of carbonyl (C=O) groups excluding carboxylic acids is 1. The molecule has 1 aromatic heterocycles. The van der Waals surface area contributed by atoms with E-state index in [1.807, 2.05) is 42.5 Å². The maximum absolute atomic E-state index is 12.1. The van der Waals surface area contributed by atoms with E-state index in [4.69, 9.17) is 14.9 Å². The number of methoxy groups -OCH3 is 1. The standard InChI is InChI=1S/C23H27NO3SSi/c1-23(2,3)21(19-15-18(24)20(28-19)22(25)26-4)27-29(16-11-7-5-8-12-16)17-13-9-6-10-14-17/h5-15,21,29H,24H2,1-4H3. The Morgan fingerprint density at radius 1 is 1.00 bits per heavy atom.